The fourth-order valence-corrected chi connectivity index (χ4v) is 3.47. The number of hydrogen-bond acceptors (Lipinski definition) is 3. The molecule has 0 spiro atoms. The maximum atomic E-state index is 10.2. The number of para-hydroxylation sites is 1. The standard InChI is InChI=1S/C9H10Br2N3O/c10-6-2-1-3-7(11)8(6)13-9-12-4-5-14(9,13)15/h1-3,9,12,15H,4-5H2/q+1. The smallest absolute Gasteiger partial charge is 0.235 e. The van der Waals surface area contributed by atoms with Crippen molar-refractivity contribution in [3.8, 4) is 0 Å². The van der Waals surface area contributed by atoms with Gasteiger partial charge in [-0.15, -0.1) is 5.01 Å². The lowest BCUT2D eigenvalue weighted by atomic mass is 10.3. The molecule has 2 N–H and O–H groups in total. The minimum atomic E-state index is -0.0127. The number of quaternary nitrogens is 1. The van der Waals surface area contributed by atoms with Gasteiger partial charge in [0, 0.05) is 8.95 Å². The number of anilines is 1. The number of halogens is 2. The van der Waals surface area contributed by atoms with Crippen molar-refractivity contribution in [2.45, 2.75) is 6.29 Å². The first-order valence-corrected chi connectivity index (χ1v) is 6.31. The van der Waals surface area contributed by atoms with Gasteiger partial charge in [0.1, 0.15) is 5.69 Å². The zero-order valence-electron chi connectivity index (χ0n) is 7.82. The minimum Gasteiger partial charge on any atom is -0.235 e. The third-order valence-corrected chi connectivity index (χ3v) is 4.16. The van der Waals surface area contributed by atoms with Crippen LogP contribution in [0.4, 0.5) is 5.69 Å². The Morgan fingerprint density at radius 1 is 1.40 bits per heavy atom. The number of hydroxylamine groups is 2. The van der Waals surface area contributed by atoms with Crippen molar-refractivity contribution >= 4 is 37.5 Å². The molecule has 6 heteroatoms. The van der Waals surface area contributed by atoms with Gasteiger partial charge in [-0.05, 0) is 48.7 Å². The SMILES string of the molecule is O[N+]12CCNC1N2c1c(Br)cccc1Br. The third-order valence-electron chi connectivity index (χ3n) is 2.88. The molecule has 1 aromatic rings. The van der Waals surface area contributed by atoms with Gasteiger partial charge < -0.3 is 0 Å². The van der Waals surface area contributed by atoms with Crippen LogP contribution in [0.5, 0.6) is 0 Å². The molecule has 4 nitrogen and oxygen atoms in total. The Morgan fingerprint density at radius 3 is 2.60 bits per heavy atom. The van der Waals surface area contributed by atoms with E-state index in [9.17, 15) is 5.21 Å². The molecule has 2 fully saturated rings. The molecular formula is C9H10Br2N3O+. The summed E-state index contributed by atoms with van der Waals surface area (Å²) in [4.78, 5) is 0. The largest absolute Gasteiger partial charge is 0.321 e. The summed E-state index contributed by atoms with van der Waals surface area (Å²) in [6.45, 7) is 1.58. The number of nitrogens with zero attached hydrogens (tertiary/aromatic N) is 2. The second kappa shape index (κ2) is 3.18. The van der Waals surface area contributed by atoms with Gasteiger partial charge in [0.15, 0.2) is 6.54 Å². The lowest BCUT2D eigenvalue weighted by Crippen LogP contribution is -2.29. The minimum absolute atomic E-state index is 0.0127. The number of hydrogen-bond donors (Lipinski definition) is 2. The topological polar surface area (TPSA) is 35.3 Å². The van der Waals surface area contributed by atoms with Crippen LogP contribution >= 0.6 is 31.9 Å². The van der Waals surface area contributed by atoms with Crippen LogP contribution in [-0.2, 0) is 0 Å². The molecule has 0 saturated carbocycles. The summed E-state index contributed by atoms with van der Waals surface area (Å²) >= 11 is 7.00. The maximum absolute atomic E-state index is 10.2. The number of benzene rings is 1. The van der Waals surface area contributed by atoms with Crippen LogP contribution in [0.25, 0.3) is 0 Å². The number of rotatable bonds is 1. The molecular weight excluding hydrogens is 326 g/mol. The Hall–Kier alpha value is -0.140. The van der Waals surface area contributed by atoms with Gasteiger partial charge in [-0.1, -0.05) is 6.07 Å². The Kier molecular flexibility index (Phi) is 2.13. The molecule has 2 aliphatic rings. The van der Waals surface area contributed by atoms with Gasteiger partial charge in [0.25, 0.3) is 0 Å². The van der Waals surface area contributed by atoms with Crippen molar-refractivity contribution in [2.24, 2.45) is 0 Å². The predicted molar refractivity (Wildman–Crippen MR) is 63.0 cm³/mol. The second-order valence-corrected chi connectivity index (χ2v) is 5.46. The number of fused-ring (bicyclic) bond motifs is 1. The van der Waals surface area contributed by atoms with Crippen molar-refractivity contribution in [3.05, 3.63) is 27.1 Å². The lowest BCUT2D eigenvalue weighted by Gasteiger charge is -2.10. The van der Waals surface area contributed by atoms with Crippen LogP contribution in [0.1, 0.15) is 0 Å². The van der Waals surface area contributed by atoms with E-state index in [2.05, 4.69) is 37.2 Å². The van der Waals surface area contributed by atoms with Crippen LogP contribution < -0.4 is 10.3 Å². The molecule has 0 aromatic heterocycles. The van der Waals surface area contributed by atoms with Gasteiger partial charge in [-0.25, -0.2) is 5.32 Å². The van der Waals surface area contributed by atoms with Crippen LogP contribution in [-0.4, -0.2) is 29.3 Å². The van der Waals surface area contributed by atoms with E-state index < -0.39 is 0 Å². The summed E-state index contributed by atoms with van der Waals surface area (Å²) in [6.07, 6.45) is 0.0139. The molecule has 1 aromatic carbocycles. The first-order chi connectivity index (χ1) is 7.14. The molecule has 2 saturated heterocycles. The van der Waals surface area contributed by atoms with Crippen molar-refractivity contribution < 1.29 is 9.96 Å². The van der Waals surface area contributed by atoms with Gasteiger partial charge in [0.05, 0.1) is 6.54 Å². The van der Waals surface area contributed by atoms with E-state index in [0.29, 0.717) is 0 Å². The molecule has 80 valence electrons. The van der Waals surface area contributed by atoms with Crippen LogP contribution in [0.15, 0.2) is 27.1 Å². The highest BCUT2D eigenvalue weighted by Crippen LogP contribution is 2.47. The molecule has 0 radical (unpaired) electrons. The quantitative estimate of drug-likeness (QED) is 0.609. The fourth-order valence-electron chi connectivity index (χ4n) is 2.11. The Labute approximate surface area is 104 Å². The summed E-state index contributed by atoms with van der Waals surface area (Å²) in [7, 11) is 0. The Morgan fingerprint density at radius 2 is 2.07 bits per heavy atom. The van der Waals surface area contributed by atoms with Crippen LogP contribution in [0.2, 0.25) is 0 Å². The highest BCUT2D eigenvalue weighted by Gasteiger charge is 2.70. The summed E-state index contributed by atoms with van der Waals surface area (Å²) in [6, 6.07) is 5.91. The van der Waals surface area contributed by atoms with E-state index in [-0.39, 0.29) is 11.0 Å². The van der Waals surface area contributed by atoms with E-state index in [1.165, 1.54) is 0 Å². The van der Waals surface area contributed by atoms with E-state index in [1.54, 1.807) is 0 Å². The van der Waals surface area contributed by atoms with Gasteiger partial charge in [-0.2, -0.15) is 5.21 Å². The molecule has 3 rings (SSSR count). The molecule has 2 atom stereocenters. The van der Waals surface area contributed by atoms with Gasteiger partial charge >= 0.3 is 6.29 Å². The Balaban J connectivity index is 2.02. The van der Waals surface area contributed by atoms with E-state index in [0.717, 1.165) is 27.7 Å². The summed E-state index contributed by atoms with van der Waals surface area (Å²) < 4.78 is 1.96. The van der Waals surface area contributed by atoms with Crippen LogP contribution in [0.3, 0.4) is 0 Å². The average molecular weight is 336 g/mol. The normalized spacial score (nSPS) is 33.0. The fraction of sp³-hybridized carbons (Fsp3) is 0.333. The van der Waals surface area contributed by atoms with Crippen LogP contribution in [0, 0.1) is 0 Å². The molecule has 2 heterocycles. The van der Waals surface area contributed by atoms with Crippen molar-refractivity contribution in [1.29, 1.82) is 0 Å². The first kappa shape index (κ1) is 10.0. The van der Waals surface area contributed by atoms with Crippen molar-refractivity contribution in [1.82, 2.24) is 5.32 Å². The summed E-state index contributed by atoms with van der Waals surface area (Å²) in [5, 5.41) is 15.4. The third kappa shape index (κ3) is 1.29. The first-order valence-electron chi connectivity index (χ1n) is 4.72. The molecule has 2 aliphatic heterocycles. The highest BCUT2D eigenvalue weighted by atomic mass is 79.9. The maximum Gasteiger partial charge on any atom is 0.321 e. The molecule has 0 amide bonds. The highest BCUT2D eigenvalue weighted by molar-refractivity contribution is 9.11. The molecule has 2 unspecified atom stereocenters. The van der Waals surface area contributed by atoms with Gasteiger partial charge in [0.2, 0.25) is 0 Å². The molecule has 0 aliphatic carbocycles. The summed E-state index contributed by atoms with van der Waals surface area (Å²) in [5.74, 6) is 0. The molecule has 0 bridgehead atoms. The summed E-state index contributed by atoms with van der Waals surface area (Å²) in [5.41, 5.74) is 0.997. The van der Waals surface area contributed by atoms with E-state index >= 15 is 0 Å². The number of nitrogens with one attached hydrogen (secondary N) is 1. The van der Waals surface area contributed by atoms with Crippen molar-refractivity contribution in [2.75, 3.05) is 18.1 Å². The van der Waals surface area contributed by atoms with Crippen molar-refractivity contribution in [3.63, 3.8) is 0 Å². The zero-order chi connectivity index (χ0) is 10.6. The average Bonchev–Trinajstić information content (AvgIpc) is 2.56. The zero-order valence-corrected chi connectivity index (χ0v) is 11.0. The van der Waals surface area contributed by atoms with E-state index in [4.69, 9.17) is 0 Å². The Bertz CT molecular complexity index is 408. The van der Waals surface area contributed by atoms with E-state index in [1.807, 2.05) is 23.2 Å². The second-order valence-electron chi connectivity index (χ2n) is 3.75. The monoisotopic (exact) mass is 334 g/mol. The predicted octanol–water partition coefficient (Wildman–Crippen LogP) is 2.04. The van der Waals surface area contributed by atoms with Gasteiger partial charge in [-0.3, -0.25) is 0 Å². The molecule has 15 heavy (non-hydrogen) atoms. The lowest BCUT2D eigenvalue weighted by molar-refractivity contribution is -1.01.